The highest BCUT2D eigenvalue weighted by molar-refractivity contribution is 6.07. The molecule has 0 saturated carbocycles. The molecule has 0 radical (unpaired) electrons. The van der Waals surface area contributed by atoms with Crippen LogP contribution in [0.25, 0.3) is 10.8 Å². The van der Waals surface area contributed by atoms with Crippen LogP contribution in [0.3, 0.4) is 0 Å². The van der Waals surface area contributed by atoms with Crippen molar-refractivity contribution >= 4 is 39.9 Å². The summed E-state index contributed by atoms with van der Waals surface area (Å²) in [4.78, 5) is 47.3. The number of fused-ring (bicyclic) bond motifs is 1. The number of nitro groups is 1. The van der Waals surface area contributed by atoms with Crippen LogP contribution in [0.2, 0.25) is 0 Å². The minimum Gasteiger partial charge on any atom is -0.276 e. The molecule has 0 spiro atoms. The highest BCUT2D eigenvalue weighted by Crippen LogP contribution is 2.28. The van der Waals surface area contributed by atoms with E-state index in [-0.39, 0.29) is 17.2 Å². The Hall–Kier alpha value is -5.13. The van der Waals surface area contributed by atoms with Crippen LogP contribution in [0.4, 0.5) is 17.3 Å². The van der Waals surface area contributed by atoms with E-state index in [9.17, 15) is 19.7 Å². The van der Waals surface area contributed by atoms with Gasteiger partial charge in [-0.15, -0.1) is 0 Å². The fraction of sp³-hybridized carbons (Fsp3) is 0. The largest absolute Gasteiger partial charge is 0.356 e. The Bertz CT molecular complexity index is 1340. The predicted molar refractivity (Wildman–Crippen MR) is 119 cm³/mol. The zero-order valence-electron chi connectivity index (χ0n) is 16.9. The summed E-state index contributed by atoms with van der Waals surface area (Å²) < 4.78 is 0. The molecule has 4 aromatic rings. The van der Waals surface area contributed by atoms with Crippen molar-refractivity contribution in [3.8, 4) is 0 Å². The van der Waals surface area contributed by atoms with Crippen LogP contribution in [0.5, 0.6) is 0 Å². The fourth-order valence-corrected chi connectivity index (χ4v) is 3.03. The molecule has 0 unspecified atom stereocenters. The van der Waals surface area contributed by atoms with E-state index >= 15 is 0 Å². The van der Waals surface area contributed by atoms with Crippen molar-refractivity contribution in [3.05, 3.63) is 94.6 Å². The van der Waals surface area contributed by atoms with Gasteiger partial charge in [-0.05, 0) is 29.0 Å². The minimum atomic E-state index is -0.743. The molecule has 2 aromatic heterocycles. The lowest BCUT2D eigenvalue weighted by atomic mass is 10.0. The smallest absolute Gasteiger partial charge is 0.276 e. The van der Waals surface area contributed by atoms with Crippen LogP contribution in [-0.2, 0) is 0 Å². The van der Waals surface area contributed by atoms with Crippen LogP contribution in [0.15, 0.2) is 73.3 Å². The Morgan fingerprint density at radius 3 is 2.15 bits per heavy atom. The van der Waals surface area contributed by atoms with E-state index in [4.69, 9.17) is 0 Å². The second-order valence-corrected chi connectivity index (χ2v) is 6.60. The summed E-state index contributed by atoms with van der Waals surface area (Å²) >= 11 is 0. The molecule has 164 valence electrons. The molecule has 0 aliphatic carbocycles. The van der Waals surface area contributed by atoms with Gasteiger partial charge in [0.25, 0.3) is 11.8 Å². The van der Waals surface area contributed by atoms with Gasteiger partial charge in [-0.3, -0.25) is 46.4 Å². The van der Waals surface area contributed by atoms with Gasteiger partial charge >= 0.3 is 5.69 Å². The van der Waals surface area contributed by atoms with Crippen LogP contribution in [0.1, 0.15) is 20.7 Å². The molecule has 0 aliphatic heterocycles. The molecule has 0 bridgehead atoms. The Balaban J connectivity index is 1.51. The van der Waals surface area contributed by atoms with E-state index in [0.717, 1.165) is 17.1 Å². The summed E-state index contributed by atoms with van der Waals surface area (Å²) in [5.41, 5.74) is 9.70. The molecule has 0 aliphatic rings. The average Bonchev–Trinajstić information content (AvgIpc) is 2.85. The van der Waals surface area contributed by atoms with Gasteiger partial charge in [0.05, 0.1) is 4.92 Å². The highest BCUT2D eigenvalue weighted by Gasteiger charge is 2.24. The van der Waals surface area contributed by atoms with Crippen molar-refractivity contribution in [1.82, 2.24) is 25.8 Å². The third kappa shape index (κ3) is 4.64. The van der Waals surface area contributed by atoms with Crippen molar-refractivity contribution < 1.29 is 14.5 Å². The maximum Gasteiger partial charge on any atom is 0.356 e. The molecule has 2 aromatic carbocycles. The number of carbonyl (C=O) groups excluding carboxylic acids is 2. The van der Waals surface area contributed by atoms with E-state index < -0.39 is 22.4 Å². The summed E-state index contributed by atoms with van der Waals surface area (Å²) in [6.45, 7) is 0. The van der Waals surface area contributed by atoms with E-state index in [1.807, 2.05) is 18.2 Å². The number of hydrazine groups is 2. The summed E-state index contributed by atoms with van der Waals surface area (Å²) in [6, 6.07) is 15.5. The molecular formula is C21H16N8O4. The first-order valence-electron chi connectivity index (χ1n) is 9.54. The average molecular weight is 444 g/mol. The summed E-state index contributed by atoms with van der Waals surface area (Å²) in [7, 11) is 0. The van der Waals surface area contributed by atoms with Crippen molar-refractivity contribution in [2.24, 2.45) is 0 Å². The van der Waals surface area contributed by atoms with Gasteiger partial charge in [0.2, 0.25) is 11.6 Å². The van der Waals surface area contributed by atoms with Gasteiger partial charge < -0.3 is 0 Å². The lowest BCUT2D eigenvalue weighted by Gasteiger charge is -2.12. The van der Waals surface area contributed by atoms with Gasteiger partial charge in [0, 0.05) is 23.5 Å². The standard InChI is InChI=1S/C21H16N8O4/c30-20(14-8-10-22-11-9-14)27-25-18-17(29(32)33)19(24-12-23-18)26-28-21(31)16-7-3-5-13-4-1-2-6-15(13)16/h1-12H,(H,27,30)(H,28,31)(H2,23,24,25,26). The Morgan fingerprint density at radius 2 is 1.45 bits per heavy atom. The number of nitrogens with one attached hydrogen (secondary N) is 4. The van der Waals surface area contributed by atoms with Gasteiger partial charge in [-0.2, -0.15) is 0 Å². The molecule has 12 nitrogen and oxygen atoms in total. The van der Waals surface area contributed by atoms with Crippen molar-refractivity contribution in [2.45, 2.75) is 0 Å². The quantitative estimate of drug-likeness (QED) is 0.247. The van der Waals surface area contributed by atoms with Crippen LogP contribution >= 0.6 is 0 Å². The molecule has 2 heterocycles. The number of pyridine rings is 1. The molecule has 2 amide bonds. The monoisotopic (exact) mass is 444 g/mol. The van der Waals surface area contributed by atoms with Crippen LogP contribution in [-0.4, -0.2) is 31.7 Å². The summed E-state index contributed by atoms with van der Waals surface area (Å²) in [5, 5.41) is 13.2. The number of rotatable bonds is 7. The summed E-state index contributed by atoms with van der Waals surface area (Å²) in [6.07, 6.45) is 3.91. The number of hydrogen-bond acceptors (Lipinski definition) is 9. The molecule has 4 rings (SSSR count). The second kappa shape index (κ2) is 9.34. The van der Waals surface area contributed by atoms with Crippen LogP contribution < -0.4 is 21.7 Å². The molecule has 4 N–H and O–H groups in total. The van der Waals surface area contributed by atoms with E-state index in [1.165, 1.54) is 24.5 Å². The number of amides is 2. The first-order valence-corrected chi connectivity index (χ1v) is 9.54. The number of anilines is 2. The molecule has 0 atom stereocenters. The Labute approximate surface area is 186 Å². The number of hydrogen-bond donors (Lipinski definition) is 4. The van der Waals surface area contributed by atoms with Gasteiger partial charge in [-0.25, -0.2) is 9.97 Å². The fourth-order valence-electron chi connectivity index (χ4n) is 3.03. The Kier molecular flexibility index (Phi) is 5.98. The highest BCUT2D eigenvalue weighted by atomic mass is 16.6. The topological polar surface area (TPSA) is 164 Å². The third-order valence-corrected chi connectivity index (χ3v) is 4.57. The first kappa shape index (κ1) is 21.1. The molecule has 0 fully saturated rings. The maximum absolute atomic E-state index is 12.7. The SMILES string of the molecule is O=C(NNc1ncnc(NNC(=O)c2cccc3ccccc23)c1[N+](=O)[O-])c1ccncc1. The number of aromatic nitrogens is 3. The first-order chi connectivity index (χ1) is 16.0. The predicted octanol–water partition coefficient (Wildman–Crippen LogP) is 2.45. The van der Waals surface area contributed by atoms with E-state index in [0.29, 0.717) is 5.56 Å². The molecule has 0 saturated heterocycles. The molecular weight excluding hydrogens is 428 g/mol. The molecule has 12 heteroatoms. The normalized spacial score (nSPS) is 10.3. The maximum atomic E-state index is 12.7. The molecule has 33 heavy (non-hydrogen) atoms. The number of nitrogens with zero attached hydrogens (tertiary/aromatic N) is 4. The number of benzene rings is 2. The van der Waals surface area contributed by atoms with E-state index in [2.05, 4.69) is 36.7 Å². The van der Waals surface area contributed by atoms with E-state index in [1.54, 1.807) is 24.3 Å². The minimum absolute atomic E-state index is 0.274. The van der Waals surface area contributed by atoms with Crippen LogP contribution in [0, 0.1) is 10.1 Å². The summed E-state index contributed by atoms with van der Waals surface area (Å²) in [5.74, 6) is -1.62. The second-order valence-electron chi connectivity index (χ2n) is 6.60. The zero-order chi connectivity index (χ0) is 23.2. The Morgan fingerprint density at radius 1 is 0.818 bits per heavy atom. The van der Waals surface area contributed by atoms with Crippen molar-refractivity contribution in [2.75, 3.05) is 10.9 Å². The van der Waals surface area contributed by atoms with Gasteiger partial charge in [0.15, 0.2) is 0 Å². The van der Waals surface area contributed by atoms with Crippen molar-refractivity contribution in [3.63, 3.8) is 0 Å². The van der Waals surface area contributed by atoms with Gasteiger partial charge in [0.1, 0.15) is 6.33 Å². The van der Waals surface area contributed by atoms with Crippen molar-refractivity contribution in [1.29, 1.82) is 0 Å². The lowest BCUT2D eigenvalue weighted by molar-refractivity contribution is -0.383. The van der Waals surface area contributed by atoms with Gasteiger partial charge in [-0.1, -0.05) is 36.4 Å². The third-order valence-electron chi connectivity index (χ3n) is 4.57. The number of carbonyl (C=O) groups is 2. The lowest BCUT2D eigenvalue weighted by Crippen LogP contribution is -2.32. The zero-order valence-corrected chi connectivity index (χ0v) is 16.9.